The van der Waals surface area contributed by atoms with Crippen molar-refractivity contribution < 1.29 is 9.72 Å². The molecule has 0 atom stereocenters. The van der Waals surface area contributed by atoms with Crippen molar-refractivity contribution in [3.05, 3.63) is 38.3 Å². The fourth-order valence-corrected chi connectivity index (χ4v) is 2.56. The summed E-state index contributed by atoms with van der Waals surface area (Å²) in [6.07, 6.45) is 0.847. The molecule has 0 aliphatic heterocycles. The van der Waals surface area contributed by atoms with Crippen LogP contribution >= 0.6 is 15.9 Å². The maximum Gasteiger partial charge on any atom is 0.284 e. The Balaban J connectivity index is 2.57. The minimum absolute atomic E-state index is 0.106. The highest BCUT2D eigenvalue weighted by Gasteiger charge is 2.18. The largest absolute Gasteiger partial charge is 0.352 e. The molecular weight excluding hydrogens is 338 g/mol. The Morgan fingerprint density at radius 1 is 1.38 bits per heavy atom. The van der Waals surface area contributed by atoms with Crippen LogP contribution in [0, 0.1) is 10.1 Å². The molecule has 0 bridgehead atoms. The fourth-order valence-electron chi connectivity index (χ4n) is 1.98. The van der Waals surface area contributed by atoms with Gasteiger partial charge in [0.05, 0.1) is 10.5 Å². The van der Waals surface area contributed by atoms with Crippen LogP contribution < -0.4 is 5.32 Å². The number of nitro benzene ring substituents is 1. The van der Waals surface area contributed by atoms with Crippen LogP contribution in [0.15, 0.2) is 22.7 Å². The van der Waals surface area contributed by atoms with Gasteiger partial charge >= 0.3 is 0 Å². The lowest BCUT2D eigenvalue weighted by atomic mass is 10.2. The van der Waals surface area contributed by atoms with E-state index in [1.165, 1.54) is 12.1 Å². The zero-order chi connectivity index (χ0) is 15.8. The van der Waals surface area contributed by atoms with Gasteiger partial charge < -0.3 is 10.2 Å². The number of nitrogens with zero attached hydrogens (tertiary/aromatic N) is 2. The maximum absolute atomic E-state index is 12.0. The summed E-state index contributed by atoms with van der Waals surface area (Å²) >= 11 is 3.13. The molecule has 0 aromatic heterocycles. The van der Waals surface area contributed by atoms with Crippen molar-refractivity contribution in [1.29, 1.82) is 0 Å². The number of benzene rings is 1. The lowest BCUT2D eigenvalue weighted by Crippen LogP contribution is -2.30. The van der Waals surface area contributed by atoms with Gasteiger partial charge in [0, 0.05) is 12.6 Å². The number of halogens is 1. The summed E-state index contributed by atoms with van der Waals surface area (Å²) in [6, 6.07) is 4.44. The monoisotopic (exact) mass is 357 g/mol. The van der Waals surface area contributed by atoms with E-state index in [4.69, 9.17) is 0 Å². The topological polar surface area (TPSA) is 75.5 Å². The Bertz CT molecular complexity index is 504. The summed E-state index contributed by atoms with van der Waals surface area (Å²) < 4.78 is 0.219. The Morgan fingerprint density at radius 3 is 2.62 bits per heavy atom. The number of carbonyl (C=O) groups excluding carboxylic acids is 1. The van der Waals surface area contributed by atoms with E-state index in [0.29, 0.717) is 6.54 Å². The molecule has 21 heavy (non-hydrogen) atoms. The molecule has 0 spiro atoms. The number of hydrogen-bond acceptors (Lipinski definition) is 4. The summed E-state index contributed by atoms with van der Waals surface area (Å²) in [7, 11) is 0. The van der Waals surface area contributed by atoms with Crippen molar-refractivity contribution in [3.63, 3.8) is 0 Å². The highest BCUT2D eigenvalue weighted by molar-refractivity contribution is 9.10. The highest BCUT2D eigenvalue weighted by Crippen LogP contribution is 2.28. The van der Waals surface area contributed by atoms with Gasteiger partial charge in [0.25, 0.3) is 11.6 Å². The normalized spacial score (nSPS) is 10.7. The first-order chi connectivity index (χ1) is 10.0. The van der Waals surface area contributed by atoms with E-state index in [9.17, 15) is 14.9 Å². The highest BCUT2D eigenvalue weighted by atomic mass is 79.9. The number of nitro groups is 1. The SMILES string of the molecule is CCN(CC)CCCNC(=O)c1cccc([N+](=O)[O-])c1Br. The summed E-state index contributed by atoms with van der Waals surface area (Å²) in [5.41, 5.74) is 0.179. The predicted octanol–water partition coefficient (Wildman–Crippen LogP) is 2.82. The molecule has 0 aliphatic carbocycles. The van der Waals surface area contributed by atoms with Crippen molar-refractivity contribution in [2.75, 3.05) is 26.2 Å². The number of nitrogens with one attached hydrogen (secondary N) is 1. The van der Waals surface area contributed by atoms with Gasteiger partial charge in [-0.05, 0) is 48.1 Å². The number of rotatable bonds is 8. The van der Waals surface area contributed by atoms with E-state index in [1.54, 1.807) is 6.07 Å². The molecule has 1 aromatic rings. The average Bonchev–Trinajstić information content (AvgIpc) is 2.47. The molecule has 0 unspecified atom stereocenters. The quantitative estimate of drug-likeness (QED) is 0.441. The van der Waals surface area contributed by atoms with E-state index >= 15 is 0 Å². The first-order valence-electron chi connectivity index (χ1n) is 6.94. The van der Waals surface area contributed by atoms with Crippen LogP contribution in [0.3, 0.4) is 0 Å². The Kier molecular flexibility index (Phi) is 7.31. The van der Waals surface area contributed by atoms with Crippen LogP contribution in [0.4, 0.5) is 5.69 Å². The second kappa shape index (κ2) is 8.74. The number of amides is 1. The van der Waals surface area contributed by atoms with Crippen molar-refractivity contribution in [2.45, 2.75) is 20.3 Å². The zero-order valence-corrected chi connectivity index (χ0v) is 13.9. The second-order valence-electron chi connectivity index (χ2n) is 4.53. The molecule has 1 amide bonds. The molecule has 0 radical (unpaired) electrons. The average molecular weight is 358 g/mol. The molecule has 7 heteroatoms. The van der Waals surface area contributed by atoms with E-state index in [0.717, 1.165) is 26.1 Å². The van der Waals surface area contributed by atoms with E-state index in [-0.39, 0.29) is 21.6 Å². The molecule has 0 heterocycles. The van der Waals surface area contributed by atoms with Crippen LogP contribution in [0.25, 0.3) is 0 Å². The summed E-state index contributed by atoms with van der Waals surface area (Å²) in [4.78, 5) is 24.6. The molecule has 0 aliphatic rings. The van der Waals surface area contributed by atoms with Crippen LogP contribution in [0.1, 0.15) is 30.6 Å². The standard InChI is InChI=1S/C14H20BrN3O3/c1-3-17(4-2)10-6-9-16-14(19)11-7-5-8-12(13(11)15)18(20)21/h5,7-8H,3-4,6,9-10H2,1-2H3,(H,16,19). The lowest BCUT2D eigenvalue weighted by molar-refractivity contribution is -0.385. The van der Waals surface area contributed by atoms with E-state index < -0.39 is 4.92 Å². The molecule has 0 saturated carbocycles. The number of carbonyl (C=O) groups is 1. The van der Waals surface area contributed by atoms with Crippen LogP contribution in [-0.2, 0) is 0 Å². The zero-order valence-electron chi connectivity index (χ0n) is 12.3. The minimum Gasteiger partial charge on any atom is -0.352 e. The van der Waals surface area contributed by atoms with Gasteiger partial charge in [-0.25, -0.2) is 0 Å². The van der Waals surface area contributed by atoms with Crippen molar-refractivity contribution in [3.8, 4) is 0 Å². The maximum atomic E-state index is 12.0. The molecule has 1 N–H and O–H groups in total. The summed E-state index contributed by atoms with van der Waals surface area (Å²) in [6.45, 7) is 7.64. The Morgan fingerprint density at radius 2 is 2.05 bits per heavy atom. The molecule has 0 fully saturated rings. The fraction of sp³-hybridized carbons (Fsp3) is 0.500. The van der Waals surface area contributed by atoms with Gasteiger partial charge in [-0.15, -0.1) is 0 Å². The van der Waals surface area contributed by atoms with Crippen LogP contribution in [-0.4, -0.2) is 41.9 Å². The van der Waals surface area contributed by atoms with E-state index in [2.05, 4.69) is 40.0 Å². The smallest absolute Gasteiger partial charge is 0.284 e. The molecule has 116 valence electrons. The van der Waals surface area contributed by atoms with Gasteiger partial charge in [0.2, 0.25) is 0 Å². The molecule has 1 rings (SSSR count). The van der Waals surface area contributed by atoms with Crippen molar-refractivity contribution in [2.24, 2.45) is 0 Å². The first kappa shape index (κ1) is 17.6. The molecule has 6 nitrogen and oxygen atoms in total. The van der Waals surface area contributed by atoms with Crippen LogP contribution in [0.2, 0.25) is 0 Å². The van der Waals surface area contributed by atoms with Gasteiger partial charge in [-0.2, -0.15) is 0 Å². The third-order valence-corrected chi connectivity index (χ3v) is 4.08. The molecule has 0 saturated heterocycles. The third kappa shape index (κ3) is 5.09. The van der Waals surface area contributed by atoms with E-state index in [1.807, 2.05) is 0 Å². The van der Waals surface area contributed by atoms with Gasteiger partial charge in [0.15, 0.2) is 0 Å². The lowest BCUT2D eigenvalue weighted by Gasteiger charge is -2.17. The minimum atomic E-state index is -0.513. The summed E-state index contributed by atoms with van der Waals surface area (Å²) in [5, 5.41) is 13.6. The number of hydrogen-bond donors (Lipinski definition) is 1. The van der Waals surface area contributed by atoms with Gasteiger partial charge in [-0.1, -0.05) is 19.9 Å². The Labute approximate surface area is 132 Å². The summed E-state index contributed by atoms with van der Waals surface area (Å²) in [5.74, 6) is -0.301. The Hall–Kier alpha value is -1.47. The molecular formula is C14H20BrN3O3. The van der Waals surface area contributed by atoms with Crippen LogP contribution in [0.5, 0.6) is 0 Å². The predicted molar refractivity (Wildman–Crippen MR) is 85.5 cm³/mol. The second-order valence-corrected chi connectivity index (χ2v) is 5.33. The van der Waals surface area contributed by atoms with Crippen molar-refractivity contribution in [1.82, 2.24) is 10.2 Å². The first-order valence-corrected chi connectivity index (χ1v) is 7.74. The molecule has 1 aromatic carbocycles. The van der Waals surface area contributed by atoms with Gasteiger partial charge in [0.1, 0.15) is 4.47 Å². The third-order valence-electron chi connectivity index (χ3n) is 3.25. The van der Waals surface area contributed by atoms with Gasteiger partial charge in [-0.3, -0.25) is 14.9 Å². The van der Waals surface area contributed by atoms with Crippen molar-refractivity contribution >= 4 is 27.5 Å².